The lowest BCUT2D eigenvalue weighted by Crippen LogP contribution is -1.95. The second-order valence-corrected chi connectivity index (χ2v) is 5.42. The van der Waals surface area contributed by atoms with Crippen LogP contribution in [0.2, 0.25) is 0 Å². The van der Waals surface area contributed by atoms with Gasteiger partial charge in [0.1, 0.15) is 5.75 Å². The number of ether oxygens (including phenoxy) is 1. The summed E-state index contributed by atoms with van der Waals surface area (Å²) in [6.45, 7) is 2.94. The van der Waals surface area contributed by atoms with Gasteiger partial charge in [-0.05, 0) is 47.8 Å². The van der Waals surface area contributed by atoms with Gasteiger partial charge in [0, 0.05) is 0 Å². The van der Waals surface area contributed by atoms with Crippen LogP contribution in [0.4, 0.5) is 0 Å². The second-order valence-electron chi connectivity index (χ2n) is 4.35. The fourth-order valence-electron chi connectivity index (χ4n) is 1.75. The van der Waals surface area contributed by atoms with Gasteiger partial charge in [0.2, 0.25) is 0 Å². The van der Waals surface area contributed by atoms with Crippen molar-refractivity contribution in [1.82, 2.24) is 0 Å². The molecule has 1 aromatic carbocycles. The molecule has 0 unspecified atom stereocenters. The average molecular weight is 346 g/mol. The van der Waals surface area contributed by atoms with Crippen molar-refractivity contribution in [2.75, 3.05) is 11.0 Å². The second kappa shape index (κ2) is 9.75. The highest BCUT2D eigenvalue weighted by Crippen LogP contribution is 2.14. The highest BCUT2D eigenvalue weighted by molar-refractivity contribution is 14.1. The van der Waals surface area contributed by atoms with E-state index in [1.165, 1.54) is 42.1 Å². The van der Waals surface area contributed by atoms with Gasteiger partial charge in [0.15, 0.2) is 0 Å². The number of halogens is 1. The summed E-state index contributed by atoms with van der Waals surface area (Å²) in [4.78, 5) is 0. The van der Waals surface area contributed by atoms with Crippen LogP contribution >= 0.6 is 22.6 Å². The Morgan fingerprint density at radius 1 is 1.00 bits per heavy atom. The van der Waals surface area contributed by atoms with Crippen molar-refractivity contribution in [3.8, 4) is 5.75 Å². The fourth-order valence-corrected chi connectivity index (χ4v) is 2.29. The maximum Gasteiger partial charge on any atom is 0.119 e. The number of aryl methyl sites for hydroxylation is 1. The number of alkyl halides is 1. The molecule has 0 spiro atoms. The zero-order valence-corrected chi connectivity index (χ0v) is 12.9. The van der Waals surface area contributed by atoms with Gasteiger partial charge in [0.25, 0.3) is 0 Å². The van der Waals surface area contributed by atoms with Gasteiger partial charge < -0.3 is 4.74 Å². The van der Waals surface area contributed by atoms with Crippen LogP contribution in [0.3, 0.4) is 0 Å². The van der Waals surface area contributed by atoms with Crippen molar-refractivity contribution in [1.29, 1.82) is 0 Å². The molecule has 0 bridgehead atoms. The number of unbranched alkanes of at least 4 members (excludes halogenated alkanes) is 3. The summed E-state index contributed by atoms with van der Waals surface area (Å²) in [5.74, 6) is 1.00. The van der Waals surface area contributed by atoms with Crippen LogP contribution in [0.1, 0.15) is 44.6 Å². The molecule has 0 saturated carbocycles. The Morgan fingerprint density at radius 2 is 1.71 bits per heavy atom. The summed E-state index contributed by atoms with van der Waals surface area (Å²) in [6.07, 6.45) is 7.68. The molecule has 0 amide bonds. The van der Waals surface area contributed by atoms with Crippen LogP contribution in [0.15, 0.2) is 24.3 Å². The van der Waals surface area contributed by atoms with E-state index in [-0.39, 0.29) is 0 Å². The summed E-state index contributed by atoms with van der Waals surface area (Å²) in [5.41, 5.74) is 1.43. The first-order valence-electron chi connectivity index (χ1n) is 6.64. The van der Waals surface area contributed by atoms with E-state index in [2.05, 4.69) is 53.8 Å². The Balaban J connectivity index is 2.20. The van der Waals surface area contributed by atoms with Crippen LogP contribution in [0, 0.1) is 0 Å². The van der Waals surface area contributed by atoms with Crippen molar-refractivity contribution in [2.24, 2.45) is 0 Å². The summed E-state index contributed by atoms with van der Waals surface area (Å²) in [5, 5.41) is 0. The van der Waals surface area contributed by atoms with E-state index in [0.717, 1.165) is 18.8 Å². The van der Waals surface area contributed by atoms with Crippen molar-refractivity contribution in [2.45, 2.75) is 45.4 Å². The molecule has 1 nitrogen and oxygen atoms in total. The Kier molecular flexibility index (Phi) is 8.49. The Bertz CT molecular complexity index is 281. The van der Waals surface area contributed by atoms with Crippen LogP contribution in [0.5, 0.6) is 5.75 Å². The average Bonchev–Trinajstić information content (AvgIpc) is 2.37. The van der Waals surface area contributed by atoms with Gasteiger partial charge in [-0.1, -0.05) is 54.5 Å². The zero-order valence-electron chi connectivity index (χ0n) is 10.8. The predicted octanol–water partition coefficient (Wildman–Crippen LogP) is 5.01. The maximum atomic E-state index is 5.57. The Labute approximate surface area is 119 Å². The molecule has 0 N–H and O–H groups in total. The van der Waals surface area contributed by atoms with Gasteiger partial charge in [-0.2, -0.15) is 0 Å². The predicted molar refractivity (Wildman–Crippen MR) is 83.3 cm³/mol. The lowest BCUT2D eigenvalue weighted by molar-refractivity contribution is 0.317. The lowest BCUT2D eigenvalue weighted by atomic mass is 10.1. The zero-order chi connectivity index (χ0) is 12.3. The number of hydrogen-bond donors (Lipinski definition) is 0. The molecule has 96 valence electrons. The quantitative estimate of drug-likeness (QED) is 0.347. The van der Waals surface area contributed by atoms with Crippen molar-refractivity contribution < 1.29 is 4.74 Å². The Morgan fingerprint density at radius 3 is 2.35 bits per heavy atom. The molecule has 0 aliphatic carbocycles. The first kappa shape index (κ1) is 14.8. The number of rotatable bonds is 9. The van der Waals surface area contributed by atoms with Gasteiger partial charge in [-0.3, -0.25) is 0 Å². The summed E-state index contributed by atoms with van der Waals surface area (Å²) in [6, 6.07) is 8.58. The smallest absolute Gasteiger partial charge is 0.119 e. The van der Waals surface area contributed by atoms with Crippen molar-refractivity contribution >= 4 is 22.6 Å². The van der Waals surface area contributed by atoms with Crippen LogP contribution < -0.4 is 4.74 Å². The topological polar surface area (TPSA) is 9.23 Å². The number of hydrogen-bond acceptors (Lipinski definition) is 1. The van der Waals surface area contributed by atoms with Gasteiger partial charge in [-0.15, -0.1) is 0 Å². The molecule has 0 radical (unpaired) electrons. The monoisotopic (exact) mass is 346 g/mol. The largest absolute Gasteiger partial charge is 0.494 e. The summed E-state index contributed by atoms with van der Waals surface area (Å²) < 4.78 is 6.86. The maximum absolute atomic E-state index is 5.57. The van der Waals surface area contributed by atoms with E-state index in [9.17, 15) is 0 Å². The molecular formula is C15H23IO. The Hall–Kier alpha value is -0.250. The van der Waals surface area contributed by atoms with E-state index < -0.39 is 0 Å². The van der Waals surface area contributed by atoms with E-state index in [1.807, 2.05) is 0 Å². The van der Waals surface area contributed by atoms with Gasteiger partial charge >= 0.3 is 0 Å². The molecule has 1 aromatic rings. The van der Waals surface area contributed by atoms with E-state index in [0.29, 0.717) is 0 Å². The molecule has 0 aromatic heterocycles. The van der Waals surface area contributed by atoms with Crippen molar-refractivity contribution in [3.63, 3.8) is 0 Å². The third kappa shape index (κ3) is 6.92. The lowest BCUT2D eigenvalue weighted by Gasteiger charge is -2.06. The first-order valence-corrected chi connectivity index (χ1v) is 8.17. The molecule has 17 heavy (non-hydrogen) atoms. The highest BCUT2D eigenvalue weighted by atomic mass is 127. The third-order valence-corrected chi connectivity index (χ3v) is 3.51. The molecule has 0 heterocycles. The van der Waals surface area contributed by atoms with Crippen LogP contribution in [-0.2, 0) is 6.42 Å². The minimum absolute atomic E-state index is 0.815. The normalized spacial score (nSPS) is 10.5. The molecule has 0 saturated heterocycles. The molecule has 2 heteroatoms. The van der Waals surface area contributed by atoms with E-state index >= 15 is 0 Å². The molecule has 0 aliphatic rings. The minimum Gasteiger partial charge on any atom is -0.494 e. The van der Waals surface area contributed by atoms with Gasteiger partial charge in [0.05, 0.1) is 6.61 Å². The standard InChI is InChI=1S/C15H23IO/c1-2-13-17-15-10-8-14(9-11-15)7-5-3-4-6-12-16/h8-11H,2-7,12-13H2,1H3. The van der Waals surface area contributed by atoms with Crippen molar-refractivity contribution in [3.05, 3.63) is 29.8 Å². The number of benzene rings is 1. The first-order chi connectivity index (χ1) is 8.36. The molecule has 0 aliphatic heterocycles. The van der Waals surface area contributed by atoms with Gasteiger partial charge in [-0.25, -0.2) is 0 Å². The SMILES string of the molecule is CCCOc1ccc(CCCCCCI)cc1. The molecule has 0 atom stereocenters. The fraction of sp³-hybridized carbons (Fsp3) is 0.600. The third-order valence-electron chi connectivity index (χ3n) is 2.75. The molecule has 0 fully saturated rings. The summed E-state index contributed by atoms with van der Waals surface area (Å²) >= 11 is 2.45. The van der Waals surface area contributed by atoms with Crippen LogP contribution in [0.25, 0.3) is 0 Å². The molecular weight excluding hydrogens is 323 g/mol. The van der Waals surface area contributed by atoms with Crippen LogP contribution in [-0.4, -0.2) is 11.0 Å². The molecule has 1 rings (SSSR count). The van der Waals surface area contributed by atoms with E-state index in [4.69, 9.17) is 4.74 Å². The van der Waals surface area contributed by atoms with E-state index in [1.54, 1.807) is 0 Å². The summed E-state index contributed by atoms with van der Waals surface area (Å²) in [7, 11) is 0. The highest BCUT2D eigenvalue weighted by Gasteiger charge is 1.96. The minimum atomic E-state index is 0.815.